The first-order chi connectivity index (χ1) is 16.8. The van der Waals surface area contributed by atoms with Gasteiger partial charge in [-0.25, -0.2) is 0 Å². The van der Waals surface area contributed by atoms with Gasteiger partial charge in [-0.3, -0.25) is 15.4 Å². The zero-order valence-corrected chi connectivity index (χ0v) is 22.0. The van der Waals surface area contributed by atoms with Crippen LogP contribution in [0.3, 0.4) is 0 Å². The molecule has 6 heteroatoms. The summed E-state index contributed by atoms with van der Waals surface area (Å²) >= 11 is 5.27. The van der Waals surface area contributed by atoms with Crippen LogP contribution in [-0.2, 0) is 0 Å². The van der Waals surface area contributed by atoms with Gasteiger partial charge in [0.25, 0.3) is 0 Å². The standard InChI is InChI=1S/C28H43N5S/c1-3-4-5-6-7-8-9-10-11-12-13-14-21-26(32-33-28(34)29-2)27(24-19-15-17-22-30-24)25-20-16-18-23-31-25/h15-20,22-23,27H,3-14,21H2,1-2H3,(H2,29,33,34). The monoisotopic (exact) mass is 481 g/mol. The van der Waals surface area contributed by atoms with E-state index in [-0.39, 0.29) is 5.92 Å². The van der Waals surface area contributed by atoms with Gasteiger partial charge < -0.3 is 5.32 Å². The number of pyridine rings is 2. The molecular formula is C28H43N5S. The lowest BCUT2D eigenvalue weighted by Crippen LogP contribution is -2.30. The first-order valence-electron chi connectivity index (χ1n) is 13.1. The van der Waals surface area contributed by atoms with Crippen LogP contribution in [0.25, 0.3) is 0 Å². The fourth-order valence-corrected chi connectivity index (χ4v) is 4.22. The zero-order valence-electron chi connectivity index (χ0n) is 21.1. The summed E-state index contributed by atoms with van der Waals surface area (Å²) < 4.78 is 0. The summed E-state index contributed by atoms with van der Waals surface area (Å²) in [5.41, 5.74) is 5.92. The van der Waals surface area contributed by atoms with Gasteiger partial charge in [0, 0.05) is 19.4 Å². The van der Waals surface area contributed by atoms with Gasteiger partial charge >= 0.3 is 0 Å². The molecule has 5 nitrogen and oxygen atoms in total. The molecule has 0 radical (unpaired) electrons. The van der Waals surface area contributed by atoms with Crippen LogP contribution in [0, 0.1) is 0 Å². The normalized spacial score (nSPS) is 11.6. The van der Waals surface area contributed by atoms with Crippen LogP contribution < -0.4 is 10.7 Å². The van der Waals surface area contributed by atoms with Crippen molar-refractivity contribution in [1.82, 2.24) is 20.7 Å². The summed E-state index contributed by atoms with van der Waals surface area (Å²) in [6.45, 7) is 2.28. The van der Waals surface area contributed by atoms with E-state index in [1.807, 2.05) is 48.8 Å². The SMILES string of the molecule is CCCCCCCCCCCCCCC(=NNC(=S)NC)C(c1ccccn1)c1ccccn1. The second-order valence-corrected chi connectivity index (χ2v) is 9.28. The van der Waals surface area contributed by atoms with Gasteiger partial charge in [-0.15, -0.1) is 0 Å². The lowest BCUT2D eigenvalue weighted by atomic mass is 9.91. The molecule has 2 aromatic heterocycles. The first kappa shape index (κ1) is 27.9. The Kier molecular flexibility index (Phi) is 14.8. The summed E-state index contributed by atoms with van der Waals surface area (Å²) in [5, 5.41) is 8.16. The molecule has 186 valence electrons. The van der Waals surface area contributed by atoms with Gasteiger partial charge in [-0.2, -0.15) is 5.10 Å². The van der Waals surface area contributed by atoms with Crippen molar-refractivity contribution in [3.8, 4) is 0 Å². The van der Waals surface area contributed by atoms with Crippen molar-refractivity contribution in [2.75, 3.05) is 7.05 Å². The fraction of sp³-hybridized carbons (Fsp3) is 0.571. The van der Waals surface area contributed by atoms with E-state index in [0.717, 1.165) is 29.9 Å². The maximum Gasteiger partial charge on any atom is 0.186 e. The minimum absolute atomic E-state index is 0.0951. The first-order valence-corrected chi connectivity index (χ1v) is 13.5. The van der Waals surface area contributed by atoms with E-state index < -0.39 is 0 Å². The van der Waals surface area contributed by atoms with Crippen molar-refractivity contribution in [3.05, 3.63) is 60.2 Å². The molecular weight excluding hydrogens is 438 g/mol. The quantitative estimate of drug-likeness (QED) is 0.109. The Bertz CT molecular complexity index is 771. The van der Waals surface area contributed by atoms with Crippen molar-refractivity contribution in [3.63, 3.8) is 0 Å². The lowest BCUT2D eigenvalue weighted by Gasteiger charge is -2.19. The summed E-state index contributed by atoms with van der Waals surface area (Å²) in [6, 6.07) is 12.0. The number of nitrogens with zero attached hydrogens (tertiary/aromatic N) is 3. The number of hydrogen-bond acceptors (Lipinski definition) is 4. The van der Waals surface area contributed by atoms with Crippen LogP contribution in [0.1, 0.15) is 108 Å². The van der Waals surface area contributed by atoms with Crippen LogP contribution in [0.4, 0.5) is 0 Å². The molecule has 0 atom stereocenters. The average Bonchev–Trinajstić information content (AvgIpc) is 2.88. The number of hydrogen-bond donors (Lipinski definition) is 2. The second kappa shape index (κ2) is 18.0. The van der Waals surface area contributed by atoms with Crippen LogP contribution in [0.15, 0.2) is 53.9 Å². The van der Waals surface area contributed by atoms with Crippen LogP contribution in [0.5, 0.6) is 0 Å². The Morgan fingerprint density at radius 1 is 0.794 bits per heavy atom. The number of thiocarbonyl (C=S) groups is 1. The molecule has 2 rings (SSSR count). The maximum absolute atomic E-state index is 5.27. The van der Waals surface area contributed by atoms with E-state index in [1.165, 1.54) is 70.6 Å². The third-order valence-electron chi connectivity index (χ3n) is 6.11. The summed E-state index contributed by atoms with van der Waals surface area (Å²) in [4.78, 5) is 9.27. The Morgan fingerprint density at radius 2 is 1.29 bits per heavy atom. The fourth-order valence-electron chi connectivity index (χ4n) is 4.18. The van der Waals surface area contributed by atoms with Crippen LogP contribution >= 0.6 is 12.2 Å². The molecule has 2 heterocycles. The molecule has 0 fully saturated rings. The summed E-state index contributed by atoms with van der Waals surface area (Å²) in [6.07, 6.45) is 20.5. The van der Waals surface area contributed by atoms with Gasteiger partial charge in [-0.05, 0) is 49.3 Å². The van der Waals surface area contributed by atoms with E-state index >= 15 is 0 Å². The lowest BCUT2D eigenvalue weighted by molar-refractivity contribution is 0.545. The maximum atomic E-state index is 5.27. The minimum atomic E-state index is -0.0951. The number of rotatable bonds is 17. The second-order valence-electron chi connectivity index (χ2n) is 8.88. The number of hydrazone groups is 1. The van der Waals surface area contributed by atoms with E-state index in [1.54, 1.807) is 7.05 Å². The molecule has 34 heavy (non-hydrogen) atoms. The number of aromatic nitrogens is 2. The summed E-state index contributed by atoms with van der Waals surface area (Å²) in [5.74, 6) is -0.0951. The van der Waals surface area contributed by atoms with Crippen molar-refractivity contribution in [2.24, 2.45) is 5.10 Å². The van der Waals surface area contributed by atoms with Gasteiger partial charge in [0.15, 0.2) is 5.11 Å². The Balaban J connectivity index is 1.89. The Labute approximate surface area is 212 Å². The van der Waals surface area contributed by atoms with Crippen LogP contribution in [-0.4, -0.2) is 27.8 Å². The summed E-state index contributed by atoms with van der Waals surface area (Å²) in [7, 11) is 1.80. The van der Waals surface area contributed by atoms with E-state index in [2.05, 4.69) is 27.6 Å². The molecule has 0 spiro atoms. The Morgan fingerprint density at radius 3 is 1.74 bits per heavy atom. The molecule has 0 aliphatic carbocycles. The molecule has 0 saturated carbocycles. The predicted molar refractivity (Wildman–Crippen MR) is 148 cm³/mol. The highest BCUT2D eigenvalue weighted by molar-refractivity contribution is 7.80. The Hall–Kier alpha value is -2.34. The third kappa shape index (κ3) is 11.2. The zero-order chi connectivity index (χ0) is 24.3. The molecule has 0 bridgehead atoms. The highest BCUT2D eigenvalue weighted by Gasteiger charge is 2.23. The van der Waals surface area contributed by atoms with Gasteiger partial charge in [-0.1, -0.05) is 89.7 Å². The average molecular weight is 482 g/mol. The minimum Gasteiger partial charge on any atom is -0.364 e. The number of unbranched alkanes of at least 4 members (excludes halogenated alkanes) is 11. The molecule has 0 aromatic carbocycles. The van der Waals surface area contributed by atoms with E-state index in [4.69, 9.17) is 17.3 Å². The van der Waals surface area contributed by atoms with Crippen molar-refractivity contribution in [1.29, 1.82) is 0 Å². The third-order valence-corrected chi connectivity index (χ3v) is 6.41. The molecule has 0 aliphatic heterocycles. The molecule has 0 aliphatic rings. The number of nitrogens with one attached hydrogen (secondary N) is 2. The van der Waals surface area contributed by atoms with Crippen molar-refractivity contribution in [2.45, 2.75) is 96.3 Å². The highest BCUT2D eigenvalue weighted by Crippen LogP contribution is 2.26. The van der Waals surface area contributed by atoms with Crippen molar-refractivity contribution < 1.29 is 0 Å². The molecule has 0 saturated heterocycles. The largest absolute Gasteiger partial charge is 0.364 e. The van der Waals surface area contributed by atoms with Gasteiger partial charge in [0.2, 0.25) is 0 Å². The van der Waals surface area contributed by atoms with Crippen molar-refractivity contribution >= 4 is 23.0 Å². The van der Waals surface area contributed by atoms with Crippen LogP contribution in [0.2, 0.25) is 0 Å². The molecule has 2 N–H and O–H groups in total. The van der Waals surface area contributed by atoms with Gasteiger partial charge in [0.1, 0.15) is 0 Å². The van der Waals surface area contributed by atoms with Gasteiger partial charge in [0.05, 0.1) is 23.0 Å². The topological polar surface area (TPSA) is 62.2 Å². The highest BCUT2D eigenvalue weighted by atomic mass is 32.1. The molecule has 0 unspecified atom stereocenters. The van der Waals surface area contributed by atoms with E-state index in [0.29, 0.717) is 5.11 Å². The predicted octanol–water partition coefficient (Wildman–Crippen LogP) is 7.15. The molecule has 0 amide bonds. The smallest absolute Gasteiger partial charge is 0.186 e. The van der Waals surface area contributed by atoms with E-state index in [9.17, 15) is 0 Å². The molecule has 2 aromatic rings.